The summed E-state index contributed by atoms with van der Waals surface area (Å²) in [6.07, 6.45) is 1.71. The molecule has 1 rings (SSSR count). The molecule has 0 aromatic heterocycles. The Bertz CT molecular complexity index is 653. The smallest absolute Gasteiger partial charge is 0.211 e. The summed E-state index contributed by atoms with van der Waals surface area (Å²) in [4.78, 5) is 0. The molecule has 0 radical (unpaired) electrons. The molecule has 0 aliphatic carbocycles. The van der Waals surface area contributed by atoms with Gasteiger partial charge in [0.05, 0.1) is 23.5 Å². The maximum atomic E-state index is 11.8. The van der Waals surface area contributed by atoms with Gasteiger partial charge in [0.1, 0.15) is 0 Å². The van der Waals surface area contributed by atoms with Gasteiger partial charge in [-0.05, 0) is 12.8 Å². The minimum absolute atomic E-state index is 0.0241. The molecule has 1 saturated heterocycles. The van der Waals surface area contributed by atoms with Gasteiger partial charge in [-0.15, -0.1) is 0 Å². The van der Waals surface area contributed by atoms with Gasteiger partial charge in [0.2, 0.25) is 20.0 Å². The summed E-state index contributed by atoms with van der Waals surface area (Å²) in [7, 11) is -10.2. The highest BCUT2D eigenvalue weighted by atomic mass is 32.2. The van der Waals surface area contributed by atoms with Crippen LogP contribution in [-0.4, -0.2) is 72.2 Å². The van der Waals surface area contributed by atoms with Crippen molar-refractivity contribution in [3.8, 4) is 0 Å². The van der Waals surface area contributed by atoms with Crippen molar-refractivity contribution in [1.29, 1.82) is 0 Å². The second kappa shape index (κ2) is 6.90. The largest absolute Gasteiger partial charge is 0.229 e. The quantitative estimate of drug-likeness (QED) is 0.577. The van der Waals surface area contributed by atoms with Gasteiger partial charge in [0.25, 0.3) is 0 Å². The van der Waals surface area contributed by atoms with E-state index in [2.05, 4.69) is 4.72 Å². The molecule has 1 aliphatic rings. The van der Waals surface area contributed by atoms with Gasteiger partial charge in [0, 0.05) is 19.1 Å². The van der Waals surface area contributed by atoms with E-state index in [4.69, 9.17) is 0 Å². The molecule has 0 amide bonds. The third-order valence-corrected chi connectivity index (χ3v) is 7.84. The van der Waals surface area contributed by atoms with Crippen molar-refractivity contribution in [1.82, 2.24) is 9.03 Å². The zero-order valence-electron chi connectivity index (χ0n) is 12.1. The molecule has 1 atom stereocenters. The minimum Gasteiger partial charge on any atom is -0.229 e. The summed E-state index contributed by atoms with van der Waals surface area (Å²) in [5.41, 5.74) is 0. The normalized spacial score (nSPS) is 22.7. The van der Waals surface area contributed by atoms with E-state index < -0.39 is 35.9 Å². The monoisotopic (exact) mass is 362 g/mol. The molecule has 0 aromatic carbocycles. The molecule has 126 valence electrons. The van der Waals surface area contributed by atoms with Gasteiger partial charge in [-0.1, -0.05) is 6.92 Å². The number of hydrogen-bond acceptors (Lipinski definition) is 6. The Morgan fingerprint density at radius 2 is 1.86 bits per heavy atom. The van der Waals surface area contributed by atoms with Gasteiger partial charge in [0.15, 0.2) is 9.84 Å². The van der Waals surface area contributed by atoms with Crippen LogP contribution in [0.4, 0.5) is 0 Å². The number of rotatable bonds is 8. The van der Waals surface area contributed by atoms with E-state index in [9.17, 15) is 25.3 Å². The Hall–Kier alpha value is -0.230. The van der Waals surface area contributed by atoms with E-state index in [1.54, 1.807) is 6.92 Å². The number of nitrogens with zero attached hydrogens (tertiary/aromatic N) is 1. The molecule has 1 N–H and O–H groups in total. The standard InChI is InChI=1S/C10H22N2O6S3/c1-3-7-21(17,18)11-5-6-12(19(2,13)14)10-4-8-20(15,16)9-10/h10-11H,3-9H2,1-2H3. The van der Waals surface area contributed by atoms with Crippen LogP contribution >= 0.6 is 0 Å². The maximum absolute atomic E-state index is 11.8. The zero-order valence-corrected chi connectivity index (χ0v) is 14.6. The molecular weight excluding hydrogens is 340 g/mol. The lowest BCUT2D eigenvalue weighted by Gasteiger charge is -2.25. The highest BCUT2D eigenvalue weighted by Crippen LogP contribution is 2.19. The minimum atomic E-state index is -3.59. The number of sulfone groups is 1. The molecular formula is C10H22N2O6S3. The third kappa shape index (κ3) is 6.19. The van der Waals surface area contributed by atoms with Crippen molar-refractivity contribution in [2.24, 2.45) is 0 Å². The van der Waals surface area contributed by atoms with E-state index in [0.29, 0.717) is 6.42 Å². The molecule has 0 bridgehead atoms. The van der Waals surface area contributed by atoms with E-state index in [-0.39, 0.29) is 36.8 Å². The van der Waals surface area contributed by atoms with Crippen molar-refractivity contribution in [3.05, 3.63) is 0 Å². The summed E-state index contributed by atoms with van der Waals surface area (Å²) in [5.74, 6) is -0.267. The molecule has 1 fully saturated rings. The van der Waals surface area contributed by atoms with Gasteiger partial charge < -0.3 is 0 Å². The van der Waals surface area contributed by atoms with Gasteiger partial charge in [-0.25, -0.2) is 30.0 Å². The van der Waals surface area contributed by atoms with Crippen molar-refractivity contribution < 1.29 is 25.3 Å². The lowest BCUT2D eigenvalue weighted by Crippen LogP contribution is -2.45. The number of sulfonamides is 2. The van der Waals surface area contributed by atoms with Crippen molar-refractivity contribution in [3.63, 3.8) is 0 Å². The van der Waals surface area contributed by atoms with E-state index in [1.807, 2.05) is 0 Å². The Morgan fingerprint density at radius 3 is 2.29 bits per heavy atom. The number of hydrogen-bond donors (Lipinski definition) is 1. The van der Waals surface area contributed by atoms with Crippen molar-refractivity contribution in [2.45, 2.75) is 25.8 Å². The van der Waals surface area contributed by atoms with Gasteiger partial charge >= 0.3 is 0 Å². The summed E-state index contributed by atoms with van der Waals surface area (Å²) >= 11 is 0. The molecule has 0 saturated carbocycles. The van der Waals surface area contributed by atoms with Crippen LogP contribution in [0.5, 0.6) is 0 Å². The van der Waals surface area contributed by atoms with Crippen LogP contribution in [0, 0.1) is 0 Å². The van der Waals surface area contributed by atoms with Crippen LogP contribution < -0.4 is 4.72 Å². The Balaban J connectivity index is 2.70. The molecule has 1 unspecified atom stereocenters. The molecule has 1 heterocycles. The molecule has 0 aromatic rings. The topological polar surface area (TPSA) is 118 Å². The van der Waals surface area contributed by atoms with Crippen LogP contribution in [0.3, 0.4) is 0 Å². The predicted molar refractivity (Wildman–Crippen MR) is 80.7 cm³/mol. The first kappa shape index (κ1) is 18.8. The van der Waals surface area contributed by atoms with Crippen molar-refractivity contribution in [2.75, 3.05) is 36.6 Å². The highest BCUT2D eigenvalue weighted by molar-refractivity contribution is 7.92. The summed E-state index contributed by atoms with van der Waals surface area (Å²) in [6.45, 7) is 1.60. The van der Waals surface area contributed by atoms with Gasteiger partial charge in [-0.2, -0.15) is 4.31 Å². The first-order chi connectivity index (χ1) is 9.47. The second-order valence-corrected chi connectivity index (χ2v) is 11.2. The summed E-state index contributed by atoms with van der Waals surface area (Å²) in [6, 6.07) is -0.610. The maximum Gasteiger partial charge on any atom is 0.211 e. The molecule has 11 heteroatoms. The molecule has 21 heavy (non-hydrogen) atoms. The molecule has 8 nitrogen and oxygen atoms in total. The van der Waals surface area contributed by atoms with E-state index >= 15 is 0 Å². The predicted octanol–water partition coefficient (Wildman–Crippen LogP) is -1.24. The fourth-order valence-corrected chi connectivity index (χ4v) is 6.33. The lowest BCUT2D eigenvalue weighted by molar-refractivity contribution is 0.346. The first-order valence-electron chi connectivity index (χ1n) is 6.61. The molecule has 1 aliphatic heterocycles. The zero-order chi connectivity index (χ0) is 16.3. The van der Waals surface area contributed by atoms with Crippen LogP contribution in [-0.2, 0) is 29.9 Å². The third-order valence-electron chi connectivity index (χ3n) is 3.17. The van der Waals surface area contributed by atoms with Crippen LogP contribution in [0.25, 0.3) is 0 Å². The van der Waals surface area contributed by atoms with Gasteiger partial charge in [-0.3, -0.25) is 0 Å². The van der Waals surface area contributed by atoms with Crippen LogP contribution in [0.1, 0.15) is 19.8 Å². The highest BCUT2D eigenvalue weighted by Gasteiger charge is 2.36. The lowest BCUT2D eigenvalue weighted by atomic mass is 10.2. The van der Waals surface area contributed by atoms with Crippen molar-refractivity contribution >= 4 is 29.9 Å². The SMILES string of the molecule is CCCS(=O)(=O)NCCN(C1CCS(=O)(=O)C1)S(C)(=O)=O. The van der Waals surface area contributed by atoms with Crippen LogP contribution in [0.2, 0.25) is 0 Å². The summed E-state index contributed by atoms with van der Waals surface area (Å²) in [5, 5.41) is 0. The van der Waals surface area contributed by atoms with Crippen LogP contribution in [0.15, 0.2) is 0 Å². The fraction of sp³-hybridized carbons (Fsp3) is 1.00. The average molecular weight is 362 g/mol. The average Bonchev–Trinajstić information content (AvgIpc) is 2.63. The summed E-state index contributed by atoms with van der Waals surface area (Å²) < 4.78 is 72.9. The van der Waals surface area contributed by atoms with E-state index in [0.717, 1.165) is 10.6 Å². The molecule has 0 spiro atoms. The number of nitrogens with one attached hydrogen (secondary N) is 1. The van der Waals surface area contributed by atoms with E-state index in [1.165, 1.54) is 0 Å². The second-order valence-electron chi connectivity index (χ2n) is 5.14. The fourth-order valence-electron chi connectivity index (χ4n) is 2.27. The Morgan fingerprint density at radius 1 is 1.24 bits per heavy atom. The Kier molecular flexibility index (Phi) is 6.18. The Labute approximate surface area is 126 Å². The first-order valence-corrected chi connectivity index (χ1v) is 11.9.